The molecular weight excluding hydrogens is 170 g/mol. The lowest BCUT2D eigenvalue weighted by Gasteiger charge is -2.33. The van der Waals surface area contributed by atoms with Crippen molar-refractivity contribution in [2.45, 2.75) is 72.4 Å². The molecule has 1 nitrogen and oxygen atoms in total. The minimum absolute atomic E-state index is 0.395. The fourth-order valence-corrected chi connectivity index (χ4v) is 2.25. The molecule has 1 heteroatoms. The van der Waals surface area contributed by atoms with Gasteiger partial charge in [-0.3, -0.25) is 0 Å². The van der Waals surface area contributed by atoms with Gasteiger partial charge in [0.2, 0.25) is 0 Å². The lowest BCUT2D eigenvalue weighted by molar-refractivity contribution is 0.237. The molecule has 0 bridgehead atoms. The van der Waals surface area contributed by atoms with E-state index in [-0.39, 0.29) is 0 Å². The van der Waals surface area contributed by atoms with E-state index in [2.05, 4.69) is 39.9 Å². The van der Waals surface area contributed by atoms with Gasteiger partial charge in [0.1, 0.15) is 0 Å². The zero-order chi connectivity index (χ0) is 10.8. The number of hydrogen-bond acceptors (Lipinski definition) is 1. The Kier molecular flexibility index (Phi) is 4.00. The molecule has 0 aliphatic heterocycles. The van der Waals surface area contributed by atoms with E-state index in [0.29, 0.717) is 17.5 Å². The topological polar surface area (TPSA) is 12.0 Å². The highest BCUT2D eigenvalue weighted by Gasteiger charge is 2.27. The Hall–Kier alpha value is -0.0400. The van der Waals surface area contributed by atoms with Crippen molar-refractivity contribution in [3.8, 4) is 0 Å². The van der Waals surface area contributed by atoms with E-state index in [9.17, 15) is 0 Å². The largest absolute Gasteiger partial charge is 0.311 e. The molecule has 0 amide bonds. The van der Waals surface area contributed by atoms with Crippen LogP contribution >= 0.6 is 0 Å². The second-order valence-corrected chi connectivity index (χ2v) is 6.07. The monoisotopic (exact) mass is 197 g/mol. The van der Waals surface area contributed by atoms with Crippen LogP contribution in [0, 0.1) is 11.3 Å². The molecule has 14 heavy (non-hydrogen) atoms. The van der Waals surface area contributed by atoms with Gasteiger partial charge in [0.25, 0.3) is 0 Å². The number of nitrogens with one attached hydrogen (secondary N) is 1. The third kappa shape index (κ3) is 4.00. The maximum Gasteiger partial charge on any atom is 0.0115 e. The molecule has 0 heterocycles. The number of hydrogen-bond donors (Lipinski definition) is 1. The van der Waals surface area contributed by atoms with Gasteiger partial charge in [0.05, 0.1) is 0 Å². The van der Waals surface area contributed by atoms with Gasteiger partial charge < -0.3 is 5.32 Å². The Bertz CT molecular complexity index is 165. The average molecular weight is 197 g/mol. The lowest BCUT2D eigenvalue weighted by atomic mass is 9.84. The molecule has 2 unspecified atom stereocenters. The highest BCUT2D eigenvalue weighted by Crippen LogP contribution is 2.34. The van der Waals surface area contributed by atoms with Gasteiger partial charge in [-0.2, -0.15) is 0 Å². The fraction of sp³-hybridized carbons (Fsp3) is 1.00. The van der Waals surface area contributed by atoms with Crippen LogP contribution in [-0.2, 0) is 0 Å². The van der Waals surface area contributed by atoms with Crippen molar-refractivity contribution in [3.63, 3.8) is 0 Å². The minimum Gasteiger partial charge on any atom is -0.311 e. The quantitative estimate of drug-likeness (QED) is 0.710. The molecule has 0 saturated heterocycles. The Balaban J connectivity index is 2.30. The second-order valence-electron chi connectivity index (χ2n) is 6.07. The molecule has 1 rings (SSSR count). The minimum atomic E-state index is 0.395. The Labute approximate surface area is 89.7 Å². The first-order valence-electron chi connectivity index (χ1n) is 6.19. The van der Waals surface area contributed by atoms with Crippen molar-refractivity contribution in [1.82, 2.24) is 5.32 Å². The lowest BCUT2D eigenvalue weighted by Crippen LogP contribution is -2.44. The first-order chi connectivity index (χ1) is 6.43. The van der Waals surface area contributed by atoms with Crippen LogP contribution in [0.4, 0.5) is 0 Å². The van der Waals surface area contributed by atoms with Crippen LogP contribution < -0.4 is 5.32 Å². The van der Waals surface area contributed by atoms with Crippen molar-refractivity contribution in [2.75, 3.05) is 0 Å². The van der Waals surface area contributed by atoms with Gasteiger partial charge in [-0.25, -0.2) is 0 Å². The summed E-state index contributed by atoms with van der Waals surface area (Å²) in [6, 6.07) is 1.36. The molecule has 1 aliphatic carbocycles. The van der Waals surface area contributed by atoms with Crippen LogP contribution in [-0.4, -0.2) is 12.1 Å². The van der Waals surface area contributed by atoms with Crippen LogP contribution in [0.2, 0.25) is 0 Å². The standard InChI is InChI=1S/C13H27N/c1-6-12(13(3,4)5)14-10(2)9-11-7-8-11/h10-12,14H,6-9H2,1-5H3. The van der Waals surface area contributed by atoms with Gasteiger partial charge in [-0.15, -0.1) is 0 Å². The predicted octanol–water partition coefficient (Wildman–Crippen LogP) is 3.59. The summed E-state index contributed by atoms with van der Waals surface area (Å²) in [5, 5.41) is 3.78. The van der Waals surface area contributed by atoms with Gasteiger partial charge in [-0.1, -0.05) is 40.5 Å². The van der Waals surface area contributed by atoms with Crippen molar-refractivity contribution in [3.05, 3.63) is 0 Å². The third-order valence-corrected chi connectivity index (χ3v) is 3.32. The summed E-state index contributed by atoms with van der Waals surface area (Å²) < 4.78 is 0. The van der Waals surface area contributed by atoms with Crippen molar-refractivity contribution in [2.24, 2.45) is 11.3 Å². The second kappa shape index (κ2) is 4.65. The van der Waals surface area contributed by atoms with Crippen LogP contribution in [0.1, 0.15) is 60.3 Å². The summed E-state index contributed by atoms with van der Waals surface area (Å²) in [5.74, 6) is 1.04. The molecule has 1 N–H and O–H groups in total. The van der Waals surface area contributed by atoms with Crippen LogP contribution in [0.5, 0.6) is 0 Å². The van der Waals surface area contributed by atoms with Gasteiger partial charge >= 0.3 is 0 Å². The molecule has 0 spiro atoms. The molecular formula is C13H27N. The van der Waals surface area contributed by atoms with Gasteiger partial charge in [0.15, 0.2) is 0 Å². The molecule has 1 fully saturated rings. The predicted molar refractivity (Wildman–Crippen MR) is 63.5 cm³/mol. The van der Waals surface area contributed by atoms with E-state index in [1.54, 1.807) is 0 Å². The van der Waals surface area contributed by atoms with E-state index in [1.165, 1.54) is 25.7 Å². The molecule has 0 aromatic rings. The highest BCUT2D eigenvalue weighted by atomic mass is 15.0. The summed E-state index contributed by atoms with van der Waals surface area (Å²) in [4.78, 5) is 0. The fourth-order valence-electron chi connectivity index (χ4n) is 2.25. The first-order valence-corrected chi connectivity index (χ1v) is 6.19. The zero-order valence-corrected chi connectivity index (χ0v) is 10.6. The molecule has 1 aliphatic rings. The van der Waals surface area contributed by atoms with Crippen molar-refractivity contribution in [1.29, 1.82) is 0 Å². The smallest absolute Gasteiger partial charge is 0.0115 e. The van der Waals surface area contributed by atoms with E-state index >= 15 is 0 Å². The summed E-state index contributed by atoms with van der Waals surface area (Å²) in [6.45, 7) is 11.6. The molecule has 1 saturated carbocycles. The normalized spacial score (nSPS) is 22.1. The molecule has 0 radical (unpaired) electrons. The average Bonchev–Trinajstić information content (AvgIpc) is 2.81. The molecule has 2 atom stereocenters. The van der Waals surface area contributed by atoms with Crippen molar-refractivity contribution >= 4 is 0 Å². The van der Waals surface area contributed by atoms with E-state index in [0.717, 1.165) is 5.92 Å². The van der Waals surface area contributed by atoms with E-state index in [1.807, 2.05) is 0 Å². The van der Waals surface area contributed by atoms with Crippen molar-refractivity contribution < 1.29 is 0 Å². The molecule has 0 aromatic carbocycles. The Morgan fingerprint density at radius 3 is 2.21 bits per heavy atom. The SMILES string of the molecule is CCC(NC(C)CC1CC1)C(C)(C)C. The van der Waals surface area contributed by atoms with E-state index in [4.69, 9.17) is 0 Å². The van der Waals surface area contributed by atoms with Gasteiger partial charge in [-0.05, 0) is 31.1 Å². The third-order valence-electron chi connectivity index (χ3n) is 3.32. The van der Waals surface area contributed by atoms with Crippen LogP contribution in [0.15, 0.2) is 0 Å². The summed E-state index contributed by atoms with van der Waals surface area (Å²) in [7, 11) is 0. The maximum absolute atomic E-state index is 3.78. The summed E-state index contributed by atoms with van der Waals surface area (Å²) in [5.41, 5.74) is 0.395. The van der Waals surface area contributed by atoms with Crippen LogP contribution in [0.3, 0.4) is 0 Å². The Morgan fingerprint density at radius 2 is 1.86 bits per heavy atom. The zero-order valence-electron chi connectivity index (χ0n) is 10.6. The van der Waals surface area contributed by atoms with Crippen LogP contribution in [0.25, 0.3) is 0 Å². The molecule has 84 valence electrons. The number of rotatable bonds is 5. The summed E-state index contributed by atoms with van der Waals surface area (Å²) >= 11 is 0. The maximum atomic E-state index is 3.78. The summed E-state index contributed by atoms with van der Waals surface area (Å²) in [6.07, 6.45) is 5.56. The first kappa shape index (κ1) is 12.0. The molecule has 0 aromatic heterocycles. The highest BCUT2D eigenvalue weighted by molar-refractivity contribution is 4.84. The Morgan fingerprint density at radius 1 is 1.29 bits per heavy atom. The van der Waals surface area contributed by atoms with E-state index < -0.39 is 0 Å². The van der Waals surface area contributed by atoms with Gasteiger partial charge in [0, 0.05) is 12.1 Å².